The number of nitrogens with one attached hydrogen (secondary N) is 1. The molecule has 22 heavy (non-hydrogen) atoms. The minimum absolute atomic E-state index is 0.0180. The number of rotatable bonds is 5. The summed E-state index contributed by atoms with van der Waals surface area (Å²) in [6.45, 7) is 6.32. The van der Waals surface area contributed by atoms with Gasteiger partial charge in [0.25, 0.3) is 0 Å². The van der Waals surface area contributed by atoms with E-state index in [0.717, 1.165) is 55.0 Å². The molecular formula is C15H23N5OS. The van der Waals surface area contributed by atoms with Crippen LogP contribution in [-0.4, -0.2) is 58.5 Å². The zero-order valence-electron chi connectivity index (χ0n) is 13.4. The first kappa shape index (κ1) is 15.6. The average Bonchev–Trinajstić information content (AvgIpc) is 3.08. The number of H-pyrrole nitrogens is 1. The fourth-order valence-corrected chi connectivity index (χ4v) is 3.29. The van der Waals surface area contributed by atoms with Crippen molar-refractivity contribution in [2.24, 2.45) is 0 Å². The summed E-state index contributed by atoms with van der Waals surface area (Å²) < 4.78 is 5.89. The topological polar surface area (TPSA) is 57.3 Å². The normalized spacial score (nSPS) is 19.9. The van der Waals surface area contributed by atoms with Gasteiger partial charge < -0.3 is 14.6 Å². The highest BCUT2D eigenvalue weighted by atomic mass is 32.1. The molecule has 0 radical (unpaired) electrons. The Balaban J connectivity index is 1.61. The zero-order valence-corrected chi connectivity index (χ0v) is 14.2. The fourth-order valence-electron chi connectivity index (χ4n) is 2.68. The lowest BCUT2D eigenvalue weighted by atomic mass is 10.2. The molecule has 1 saturated heterocycles. The predicted octanol–water partition coefficient (Wildman–Crippen LogP) is 1.81. The minimum atomic E-state index is 0.0180. The van der Waals surface area contributed by atoms with Gasteiger partial charge in [0, 0.05) is 43.4 Å². The molecule has 0 aromatic carbocycles. The smallest absolute Gasteiger partial charge is 0.136 e. The second-order valence-electron chi connectivity index (χ2n) is 5.98. The Hall–Kier alpha value is -1.28. The molecule has 0 saturated carbocycles. The molecule has 7 heteroatoms. The van der Waals surface area contributed by atoms with Crippen molar-refractivity contribution in [2.75, 3.05) is 33.8 Å². The summed E-state index contributed by atoms with van der Waals surface area (Å²) >= 11 is 1.71. The molecule has 1 N–H and O–H groups in total. The van der Waals surface area contributed by atoms with Crippen LogP contribution >= 0.6 is 11.3 Å². The number of morpholine rings is 1. The van der Waals surface area contributed by atoms with Crippen molar-refractivity contribution in [3.8, 4) is 0 Å². The number of hydrogen-bond donors (Lipinski definition) is 1. The summed E-state index contributed by atoms with van der Waals surface area (Å²) in [4.78, 5) is 16.9. The van der Waals surface area contributed by atoms with E-state index in [1.807, 2.05) is 13.1 Å². The molecule has 1 fully saturated rings. The van der Waals surface area contributed by atoms with Gasteiger partial charge in [-0.3, -0.25) is 4.90 Å². The summed E-state index contributed by atoms with van der Waals surface area (Å²) in [5.74, 6) is 0.927. The summed E-state index contributed by atoms with van der Waals surface area (Å²) in [5.41, 5.74) is 2.27. The lowest BCUT2D eigenvalue weighted by Gasteiger charge is -2.31. The standard InChI is InChI=1S/C15H23N5OS/c1-11-17-13(10-22-11)8-20-4-5-21-14(9-20)15-16-6-12(18-15)7-19(2)3/h6,10,14H,4-5,7-9H2,1-3H3,(H,16,18). The van der Waals surface area contributed by atoms with Gasteiger partial charge >= 0.3 is 0 Å². The molecule has 3 heterocycles. The number of aromatic amines is 1. The molecule has 2 aromatic heterocycles. The van der Waals surface area contributed by atoms with Gasteiger partial charge in [-0.2, -0.15) is 0 Å². The van der Waals surface area contributed by atoms with Crippen LogP contribution in [0.4, 0.5) is 0 Å². The van der Waals surface area contributed by atoms with Crippen molar-refractivity contribution in [3.63, 3.8) is 0 Å². The van der Waals surface area contributed by atoms with Crippen LogP contribution in [0.5, 0.6) is 0 Å². The van der Waals surface area contributed by atoms with E-state index in [1.54, 1.807) is 11.3 Å². The van der Waals surface area contributed by atoms with E-state index in [9.17, 15) is 0 Å². The largest absolute Gasteiger partial charge is 0.368 e. The molecule has 0 amide bonds. The maximum absolute atomic E-state index is 5.89. The Kier molecular flexibility index (Phi) is 4.87. The van der Waals surface area contributed by atoms with Gasteiger partial charge in [0.05, 0.1) is 17.3 Å². The van der Waals surface area contributed by atoms with E-state index in [4.69, 9.17) is 4.74 Å². The zero-order chi connectivity index (χ0) is 15.5. The van der Waals surface area contributed by atoms with E-state index in [0.29, 0.717) is 0 Å². The van der Waals surface area contributed by atoms with Crippen LogP contribution in [0.15, 0.2) is 11.6 Å². The van der Waals surface area contributed by atoms with Crippen LogP contribution in [0.25, 0.3) is 0 Å². The number of aromatic nitrogens is 3. The van der Waals surface area contributed by atoms with Crippen molar-refractivity contribution in [1.29, 1.82) is 0 Å². The molecule has 1 aliphatic rings. The first-order chi connectivity index (χ1) is 10.6. The van der Waals surface area contributed by atoms with Crippen LogP contribution in [0.2, 0.25) is 0 Å². The number of aryl methyl sites for hydroxylation is 1. The molecule has 3 rings (SSSR count). The molecule has 120 valence electrons. The van der Waals surface area contributed by atoms with E-state index < -0.39 is 0 Å². The number of thiazole rings is 1. The fraction of sp³-hybridized carbons (Fsp3) is 0.600. The van der Waals surface area contributed by atoms with Gasteiger partial charge in [-0.1, -0.05) is 0 Å². The van der Waals surface area contributed by atoms with Crippen LogP contribution in [-0.2, 0) is 17.8 Å². The molecule has 0 spiro atoms. The molecule has 1 aliphatic heterocycles. The number of imidazole rings is 1. The Morgan fingerprint density at radius 2 is 2.36 bits per heavy atom. The molecule has 2 aromatic rings. The Morgan fingerprint density at radius 3 is 3.09 bits per heavy atom. The van der Waals surface area contributed by atoms with Crippen molar-refractivity contribution < 1.29 is 4.74 Å². The van der Waals surface area contributed by atoms with Crippen LogP contribution in [0, 0.1) is 6.92 Å². The first-order valence-electron chi connectivity index (χ1n) is 7.53. The molecule has 1 atom stereocenters. The van der Waals surface area contributed by atoms with Crippen LogP contribution in [0.3, 0.4) is 0 Å². The van der Waals surface area contributed by atoms with E-state index in [1.165, 1.54) is 0 Å². The highest BCUT2D eigenvalue weighted by Gasteiger charge is 2.24. The molecule has 0 aliphatic carbocycles. The predicted molar refractivity (Wildman–Crippen MR) is 86.8 cm³/mol. The third kappa shape index (κ3) is 3.92. The van der Waals surface area contributed by atoms with Gasteiger partial charge in [0.2, 0.25) is 0 Å². The molecule has 0 bridgehead atoms. The van der Waals surface area contributed by atoms with Gasteiger partial charge in [-0.15, -0.1) is 11.3 Å². The second kappa shape index (κ2) is 6.87. The third-order valence-corrected chi connectivity index (χ3v) is 4.46. The first-order valence-corrected chi connectivity index (χ1v) is 8.41. The molecule has 1 unspecified atom stereocenters. The van der Waals surface area contributed by atoms with Gasteiger partial charge in [0.15, 0.2) is 0 Å². The van der Waals surface area contributed by atoms with E-state index >= 15 is 0 Å². The molecular weight excluding hydrogens is 298 g/mol. The highest BCUT2D eigenvalue weighted by Crippen LogP contribution is 2.21. The summed E-state index contributed by atoms with van der Waals surface area (Å²) in [6, 6.07) is 0. The third-order valence-electron chi connectivity index (χ3n) is 3.64. The lowest BCUT2D eigenvalue weighted by molar-refractivity contribution is -0.0372. The van der Waals surface area contributed by atoms with Gasteiger partial charge in [-0.25, -0.2) is 9.97 Å². The number of nitrogens with zero attached hydrogens (tertiary/aromatic N) is 4. The Morgan fingerprint density at radius 1 is 1.50 bits per heavy atom. The SMILES string of the molecule is Cc1nc(CN2CCOC(c3ncc(CN(C)C)[nH]3)C2)cs1. The van der Waals surface area contributed by atoms with Gasteiger partial charge in [-0.05, 0) is 21.0 Å². The maximum atomic E-state index is 5.89. The maximum Gasteiger partial charge on any atom is 0.136 e. The lowest BCUT2D eigenvalue weighted by Crippen LogP contribution is -2.38. The monoisotopic (exact) mass is 321 g/mol. The minimum Gasteiger partial charge on any atom is -0.368 e. The van der Waals surface area contributed by atoms with E-state index in [-0.39, 0.29) is 6.10 Å². The van der Waals surface area contributed by atoms with Gasteiger partial charge in [0.1, 0.15) is 11.9 Å². The summed E-state index contributed by atoms with van der Waals surface area (Å²) in [6.07, 6.45) is 1.92. The Labute approximate surface area is 135 Å². The number of ether oxygens (including phenoxy) is 1. The van der Waals surface area contributed by atoms with Crippen LogP contribution < -0.4 is 0 Å². The van der Waals surface area contributed by atoms with E-state index in [2.05, 4.69) is 44.2 Å². The number of hydrogen-bond acceptors (Lipinski definition) is 6. The van der Waals surface area contributed by atoms with Crippen molar-refractivity contribution in [2.45, 2.75) is 26.1 Å². The van der Waals surface area contributed by atoms with Crippen molar-refractivity contribution in [3.05, 3.63) is 33.8 Å². The van der Waals surface area contributed by atoms with Crippen molar-refractivity contribution in [1.82, 2.24) is 24.8 Å². The van der Waals surface area contributed by atoms with Crippen LogP contribution in [0.1, 0.15) is 28.3 Å². The Bertz CT molecular complexity index is 609. The summed E-state index contributed by atoms with van der Waals surface area (Å²) in [5, 5.41) is 3.26. The second-order valence-corrected chi connectivity index (χ2v) is 7.05. The molecule has 6 nitrogen and oxygen atoms in total. The highest BCUT2D eigenvalue weighted by molar-refractivity contribution is 7.09. The average molecular weight is 321 g/mol. The quantitative estimate of drug-likeness (QED) is 0.910. The van der Waals surface area contributed by atoms with Crippen molar-refractivity contribution >= 4 is 11.3 Å². The summed E-state index contributed by atoms with van der Waals surface area (Å²) in [7, 11) is 4.10.